The maximum absolute atomic E-state index is 11.9. The minimum absolute atomic E-state index is 0.228. The Morgan fingerprint density at radius 3 is 2.41 bits per heavy atom. The lowest BCUT2D eigenvalue weighted by molar-refractivity contribution is 0.460. The minimum atomic E-state index is -0.744. The van der Waals surface area contributed by atoms with Crippen molar-refractivity contribution in [2.45, 2.75) is 19.8 Å². The molecule has 1 N–H and O–H groups in total. The molecule has 112 valence electrons. The molecule has 0 saturated heterocycles. The van der Waals surface area contributed by atoms with Crippen molar-refractivity contribution in [1.29, 1.82) is 0 Å². The molecule has 2 aromatic carbocycles. The van der Waals surface area contributed by atoms with Crippen molar-refractivity contribution >= 4 is 22.5 Å². The number of halogens is 1. The average Bonchev–Trinajstić information content (AvgIpc) is 2.47. The van der Waals surface area contributed by atoms with Crippen LogP contribution in [0.5, 0.6) is 0 Å². The highest BCUT2D eigenvalue weighted by Gasteiger charge is 2.13. The summed E-state index contributed by atoms with van der Waals surface area (Å²) in [5.41, 5.74) is 2.78. The van der Waals surface area contributed by atoms with Crippen molar-refractivity contribution < 1.29 is 4.42 Å². The average molecular weight is 316 g/mol. The predicted molar refractivity (Wildman–Crippen MR) is 87.6 cm³/mol. The normalized spacial score (nSPS) is 11.3. The fraction of sp³-hybridized carbons (Fsp3) is 0.176. The third-order valence-electron chi connectivity index (χ3n) is 3.61. The zero-order valence-electron chi connectivity index (χ0n) is 12.1. The third kappa shape index (κ3) is 2.57. The van der Waals surface area contributed by atoms with Gasteiger partial charge in [-0.05, 0) is 46.9 Å². The Morgan fingerprint density at radius 1 is 1.09 bits per heavy atom. The van der Waals surface area contributed by atoms with E-state index in [1.807, 2.05) is 18.2 Å². The van der Waals surface area contributed by atoms with E-state index in [4.69, 9.17) is 11.6 Å². The topological polar surface area (TPSA) is 63.1 Å². The fourth-order valence-corrected chi connectivity index (χ4v) is 2.65. The number of hydrogen-bond acceptors (Lipinski definition) is 3. The van der Waals surface area contributed by atoms with Gasteiger partial charge in [-0.15, -0.1) is 0 Å². The zero-order chi connectivity index (χ0) is 15.9. The Balaban J connectivity index is 2.37. The minimum Gasteiger partial charge on any atom is -0.372 e. The van der Waals surface area contributed by atoms with Crippen molar-refractivity contribution in [3.8, 4) is 11.1 Å². The second-order valence-corrected chi connectivity index (χ2v) is 5.89. The van der Waals surface area contributed by atoms with Crippen LogP contribution in [0.1, 0.15) is 25.3 Å². The number of fused-ring (bicyclic) bond motifs is 1. The van der Waals surface area contributed by atoms with Crippen LogP contribution in [-0.2, 0) is 0 Å². The summed E-state index contributed by atoms with van der Waals surface area (Å²) in [6, 6.07) is 11.0. The molecule has 0 unspecified atom stereocenters. The van der Waals surface area contributed by atoms with E-state index in [2.05, 4.69) is 23.2 Å². The van der Waals surface area contributed by atoms with Crippen molar-refractivity contribution in [1.82, 2.24) is 4.98 Å². The molecule has 0 atom stereocenters. The van der Waals surface area contributed by atoms with Crippen molar-refractivity contribution in [2.75, 3.05) is 0 Å². The van der Waals surface area contributed by atoms with E-state index in [0.29, 0.717) is 15.9 Å². The molecule has 3 rings (SSSR count). The Hall–Kier alpha value is -2.33. The van der Waals surface area contributed by atoms with Gasteiger partial charge < -0.3 is 4.42 Å². The van der Waals surface area contributed by atoms with E-state index in [1.165, 1.54) is 0 Å². The van der Waals surface area contributed by atoms with Crippen molar-refractivity contribution in [3.05, 3.63) is 68.0 Å². The first-order valence-corrected chi connectivity index (χ1v) is 7.30. The highest BCUT2D eigenvalue weighted by atomic mass is 35.5. The van der Waals surface area contributed by atoms with E-state index >= 15 is 0 Å². The maximum Gasteiger partial charge on any atom is 0.419 e. The van der Waals surface area contributed by atoms with E-state index < -0.39 is 11.4 Å². The lowest BCUT2D eigenvalue weighted by atomic mass is 9.91. The fourth-order valence-electron chi connectivity index (χ4n) is 2.52. The molecule has 0 aliphatic carbocycles. The Morgan fingerprint density at radius 2 is 1.77 bits per heavy atom. The van der Waals surface area contributed by atoms with Crippen LogP contribution in [0, 0.1) is 0 Å². The van der Waals surface area contributed by atoms with Gasteiger partial charge in [-0.3, -0.25) is 4.98 Å². The molecule has 0 saturated carbocycles. The molecule has 0 aliphatic heterocycles. The van der Waals surface area contributed by atoms with Gasteiger partial charge in [-0.1, -0.05) is 37.6 Å². The van der Waals surface area contributed by atoms with Gasteiger partial charge in [-0.25, -0.2) is 9.59 Å². The van der Waals surface area contributed by atoms with Crippen LogP contribution in [0.15, 0.2) is 50.4 Å². The van der Waals surface area contributed by atoms with Crippen LogP contribution in [0.2, 0.25) is 5.02 Å². The van der Waals surface area contributed by atoms with Gasteiger partial charge in [-0.2, -0.15) is 0 Å². The standard InChI is InChI=1S/C17H14ClNO3/c1-9(2)12-8-15-14(16(20)22-17(21)19-15)7-13(12)10-3-5-11(18)6-4-10/h3-9H,1-2H3,(H,19,21). The molecule has 0 bridgehead atoms. The smallest absolute Gasteiger partial charge is 0.372 e. The summed E-state index contributed by atoms with van der Waals surface area (Å²) in [7, 11) is 0. The molecular weight excluding hydrogens is 302 g/mol. The molecule has 0 aliphatic rings. The quantitative estimate of drug-likeness (QED) is 0.779. The number of hydrogen-bond donors (Lipinski definition) is 1. The number of H-pyrrole nitrogens is 1. The molecule has 0 fully saturated rings. The molecule has 4 nitrogen and oxygen atoms in total. The highest BCUT2D eigenvalue weighted by Crippen LogP contribution is 2.32. The van der Waals surface area contributed by atoms with Gasteiger partial charge in [0.25, 0.3) is 0 Å². The number of nitrogens with one attached hydrogen (secondary N) is 1. The van der Waals surface area contributed by atoms with Crippen molar-refractivity contribution in [3.63, 3.8) is 0 Å². The van der Waals surface area contributed by atoms with Crippen LogP contribution in [0.25, 0.3) is 22.0 Å². The first-order valence-electron chi connectivity index (χ1n) is 6.92. The maximum atomic E-state index is 11.9. The molecule has 3 aromatic rings. The summed E-state index contributed by atoms with van der Waals surface area (Å²) in [5.74, 6) is -0.516. The van der Waals surface area contributed by atoms with E-state index in [-0.39, 0.29) is 5.92 Å². The van der Waals surface area contributed by atoms with E-state index in [0.717, 1.165) is 16.7 Å². The van der Waals surface area contributed by atoms with Crippen LogP contribution < -0.4 is 11.4 Å². The van der Waals surface area contributed by atoms with Crippen LogP contribution >= 0.6 is 11.6 Å². The highest BCUT2D eigenvalue weighted by molar-refractivity contribution is 6.30. The van der Waals surface area contributed by atoms with E-state index in [9.17, 15) is 9.59 Å². The Kier molecular flexibility index (Phi) is 3.62. The van der Waals surface area contributed by atoms with Gasteiger partial charge in [0.1, 0.15) is 0 Å². The molecule has 0 amide bonds. The molecule has 5 heteroatoms. The summed E-state index contributed by atoms with van der Waals surface area (Å²) >= 11 is 5.93. The second-order valence-electron chi connectivity index (χ2n) is 5.45. The molecule has 0 spiro atoms. The van der Waals surface area contributed by atoms with Crippen molar-refractivity contribution in [2.24, 2.45) is 0 Å². The summed E-state index contributed by atoms with van der Waals surface area (Å²) in [4.78, 5) is 25.8. The van der Waals surface area contributed by atoms with Crippen LogP contribution in [0.3, 0.4) is 0 Å². The van der Waals surface area contributed by atoms with Gasteiger partial charge in [0, 0.05) is 5.02 Å². The molecule has 1 heterocycles. The second kappa shape index (κ2) is 5.46. The number of aromatic amines is 1. The number of rotatable bonds is 2. The zero-order valence-corrected chi connectivity index (χ0v) is 12.9. The monoisotopic (exact) mass is 315 g/mol. The summed E-state index contributed by atoms with van der Waals surface area (Å²) in [5, 5.41) is 1.01. The van der Waals surface area contributed by atoms with Gasteiger partial charge in [0.2, 0.25) is 0 Å². The van der Waals surface area contributed by atoms with E-state index in [1.54, 1.807) is 18.2 Å². The SMILES string of the molecule is CC(C)c1cc2[nH]c(=O)oc(=O)c2cc1-c1ccc(Cl)cc1. The lowest BCUT2D eigenvalue weighted by Crippen LogP contribution is -2.15. The predicted octanol–water partition coefficient (Wildman–Crippen LogP) is 3.93. The summed E-state index contributed by atoms with van der Waals surface area (Å²) < 4.78 is 4.61. The first kappa shape index (κ1) is 14.6. The third-order valence-corrected chi connectivity index (χ3v) is 3.86. The molecule has 1 aromatic heterocycles. The Labute approximate surface area is 131 Å². The summed E-state index contributed by atoms with van der Waals surface area (Å²) in [6.07, 6.45) is 0. The number of benzene rings is 2. The molecular formula is C17H14ClNO3. The molecule has 22 heavy (non-hydrogen) atoms. The summed E-state index contributed by atoms with van der Waals surface area (Å²) in [6.45, 7) is 4.12. The van der Waals surface area contributed by atoms with Crippen LogP contribution in [-0.4, -0.2) is 4.98 Å². The largest absolute Gasteiger partial charge is 0.419 e. The van der Waals surface area contributed by atoms with Gasteiger partial charge in [0.05, 0.1) is 10.9 Å². The van der Waals surface area contributed by atoms with Gasteiger partial charge in [0.15, 0.2) is 0 Å². The number of aromatic nitrogens is 1. The lowest BCUT2D eigenvalue weighted by Gasteiger charge is -2.14. The van der Waals surface area contributed by atoms with Gasteiger partial charge >= 0.3 is 11.4 Å². The Bertz CT molecular complexity index is 952. The molecule has 0 radical (unpaired) electrons. The first-order chi connectivity index (χ1) is 10.5. The van der Waals surface area contributed by atoms with Crippen LogP contribution in [0.4, 0.5) is 0 Å².